The SMILES string of the molecule is CC1=CCOC(C)=C1c1cnc2c(c1)C1CC1C(C(c1ccccc1)c1ccccn1)C=C2c1ccc(C(=O)O)cc1. The largest absolute Gasteiger partial charge is 0.494 e. The number of pyridine rings is 2. The van der Waals surface area contributed by atoms with E-state index >= 15 is 0 Å². The van der Waals surface area contributed by atoms with Crippen LogP contribution >= 0.6 is 0 Å². The average molecular weight is 553 g/mol. The number of allylic oxidation sites excluding steroid dienone is 4. The summed E-state index contributed by atoms with van der Waals surface area (Å²) in [5.41, 5.74) is 10.2. The van der Waals surface area contributed by atoms with Gasteiger partial charge in [-0.05, 0) is 96.7 Å². The molecule has 0 spiro atoms. The molecule has 0 saturated heterocycles. The molecule has 4 aromatic rings. The minimum absolute atomic E-state index is 0.0753. The Morgan fingerprint density at radius 3 is 2.45 bits per heavy atom. The molecule has 0 radical (unpaired) electrons. The van der Waals surface area contributed by atoms with Crippen molar-refractivity contribution in [3.63, 3.8) is 0 Å². The van der Waals surface area contributed by atoms with Gasteiger partial charge < -0.3 is 9.84 Å². The smallest absolute Gasteiger partial charge is 0.335 e. The molecule has 5 nitrogen and oxygen atoms in total. The number of aromatic nitrogens is 2. The first kappa shape index (κ1) is 26.1. The Labute approximate surface area is 245 Å². The van der Waals surface area contributed by atoms with Crippen molar-refractivity contribution in [3.05, 3.63) is 154 Å². The lowest BCUT2D eigenvalue weighted by Crippen LogP contribution is -2.16. The number of hydrogen-bond acceptors (Lipinski definition) is 4. The maximum absolute atomic E-state index is 11.6. The molecule has 1 N–H and O–H groups in total. The first-order chi connectivity index (χ1) is 20.5. The fourth-order valence-electron chi connectivity index (χ4n) is 6.87. The van der Waals surface area contributed by atoms with Crippen molar-refractivity contribution >= 4 is 17.1 Å². The molecule has 3 heterocycles. The minimum atomic E-state index is -0.931. The summed E-state index contributed by atoms with van der Waals surface area (Å²) in [7, 11) is 0. The predicted octanol–water partition coefficient (Wildman–Crippen LogP) is 7.88. The third kappa shape index (κ3) is 4.65. The van der Waals surface area contributed by atoms with Crippen molar-refractivity contribution in [2.75, 3.05) is 6.61 Å². The molecule has 4 unspecified atom stereocenters. The molecule has 1 saturated carbocycles. The van der Waals surface area contributed by atoms with Gasteiger partial charge in [0, 0.05) is 40.7 Å². The van der Waals surface area contributed by atoms with Gasteiger partial charge in [-0.25, -0.2) is 4.79 Å². The van der Waals surface area contributed by atoms with E-state index in [0.717, 1.165) is 45.8 Å². The molecule has 1 fully saturated rings. The van der Waals surface area contributed by atoms with E-state index in [1.54, 1.807) is 12.1 Å². The van der Waals surface area contributed by atoms with Crippen LogP contribution in [0.2, 0.25) is 0 Å². The number of carboxylic acid groups (broad SMARTS) is 1. The first-order valence-electron chi connectivity index (χ1n) is 14.5. The quantitative estimate of drug-likeness (QED) is 0.263. The maximum Gasteiger partial charge on any atom is 0.335 e. The molecule has 7 rings (SSSR count). The van der Waals surface area contributed by atoms with Crippen LogP contribution in [-0.2, 0) is 4.74 Å². The second-order valence-corrected chi connectivity index (χ2v) is 11.5. The highest BCUT2D eigenvalue weighted by Gasteiger charge is 2.50. The van der Waals surface area contributed by atoms with Crippen LogP contribution in [0.4, 0.5) is 0 Å². The summed E-state index contributed by atoms with van der Waals surface area (Å²) in [5.74, 6) is 1.05. The van der Waals surface area contributed by atoms with Gasteiger partial charge in [0.05, 0.1) is 11.3 Å². The Kier molecular flexibility index (Phi) is 6.58. The fraction of sp³-hybridized carbons (Fsp3) is 0.216. The lowest BCUT2D eigenvalue weighted by molar-refractivity contribution is 0.0697. The molecule has 4 atom stereocenters. The third-order valence-electron chi connectivity index (χ3n) is 8.98. The average Bonchev–Trinajstić information content (AvgIpc) is 3.82. The van der Waals surface area contributed by atoms with Crippen molar-refractivity contribution < 1.29 is 14.6 Å². The zero-order chi connectivity index (χ0) is 28.8. The van der Waals surface area contributed by atoms with Crippen molar-refractivity contribution in [3.8, 4) is 0 Å². The summed E-state index contributed by atoms with van der Waals surface area (Å²) in [6.45, 7) is 4.76. The molecular formula is C37H32N2O3. The van der Waals surface area contributed by atoms with E-state index in [1.165, 1.54) is 16.7 Å². The number of ether oxygens (including phenoxy) is 1. The predicted molar refractivity (Wildman–Crippen MR) is 164 cm³/mol. The summed E-state index contributed by atoms with van der Waals surface area (Å²) < 4.78 is 5.90. The number of carboxylic acids is 1. The van der Waals surface area contributed by atoms with Gasteiger partial charge in [-0.2, -0.15) is 0 Å². The number of benzene rings is 2. The van der Waals surface area contributed by atoms with Crippen LogP contribution in [0.25, 0.3) is 11.1 Å². The van der Waals surface area contributed by atoms with Crippen LogP contribution in [0.15, 0.2) is 115 Å². The molecule has 2 aromatic carbocycles. The normalized spacial score (nSPS) is 21.6. The van der Waals surface area contributed by atoms with E-state index in [-0.39, 0.29) is 17.4 Å². The standard InChI is InChI=1S/C37H32N2O3/c1-22-15-17-42-23(2)34(22)27-18-32-30-20-29(30)31(35(25-8-4-3-5-9-25)33-10-6-7-16-38-33)19-28(36(32)39-21-27)24-11-13-26(14-12-24)37(40)41/h3-16,18-19,21,29-31,35H,17,20H2,1-2H3,(H,40,41). The highest BCUT2D eigenvalue weighted by molar-refractivity contribution is 5.89. The minimum Gasteiger partial charge on any atom is -0.494 e. The summed E-state index contributed by atoms with van der Waals surface area (Å²) in [4.78, 5) is 21.6. The van der Waals surface area contributed by atoms with Gasteiger partial charge in [0.15, 0.2) is 0 Å². The Morgan fingerprint density at radius 2 is 1.74 bits per heavy atom. The zero-order valence-corrected chi connectivity index (χ0v) is 23.7. The zero-order valence-electron chi connectivity index (χ0n) is 23.7. The Morgan fingerprint density at radius 1 is 0.952 bits per heavy atom. The van der Waals surface area contributed by atoms with E-state index in [0.29, 0.717) is 18.4 Å². The number of aromatic carboxylic acids is 1. The monoisotopic (exact) mass is 552 g/mol. The molecule has 3 aliphatic rings. The summed E-state index contributed by atoms with van der Waals surface area (Å²) in [6.07, 6.45) is 9.45. The summed E-state index contributed by atoms with van der Waals surface area (Å²) in [5, 5.41) is 9.54. The first-order valence-corrected chi connectivity index (χ1v) is 14.5. The van der Waals surface area contributed by atoms with Crippen LogP contribution in [0, 0.1) is 11.8 Å². The van der Waals surface area contributed by atoms with Gasteiger partial charge in [-0.1, -0.05) is 54.6 Å². The third-order valence-corrected chi connectivity index (χ3v) is 8.98. The highest BCUT2D eigenvalue weighted by Crippen LogP contribution is 2.60. The van der Waals surface area contributed by atoms with Crippen LogP contribution in [0.3, 0.4) is 0 Å². The molecule has 0 amide bonds. The highest BCUT2D eigenvalue weighted by atomic mass is 16.5. The molecule has 5 heteroatoms. The lowest BCUT2D eigenvalue weighted by Gasteiger charge is -2.26. The number of rotatable bonds is 6. The molecule has 1 aliphatic heterocycles. The molecule has 2 aliphatic carbocycles. The number of fused-ring (bicyclic) bond motifs is 3. The second-order valence-electron chi connectivity index (χ2n) is 11.5. The molecule has 208 valence electrons. The van der Waals surface area contributed by atoms with Crippen molar-refractivity contribution in [1.29, 1.82) is 0 Å². The van der Waals surface area contributed by atoms with E-state index in [9.17, 15) is 9.90 Å². The molecular weight excluding hydrogens is 520 g/mol. The molecule has 0 bridgehead atoms. The summed E-state index contributed by atoms with van der Waals surface area (Å²) in [6, 6.07) is 26.3. The topological polar surface area (TPSA) is 72.3 Å². The van der Waals surface area contributed by atoms with E-state index < -0.39 is 5.97 Å². The molecule has 2 aromatic heterocycles. The number of carbonyl (C=O) groups is 1. The van der Waals surface area contributed by atoms with Crippen LogP contribution < -0.4 is 0 Å². The van der Waals surface area contributed by atoms with Gasteiger partial charge in [-0.3, -0.25) is 9.97 Å². The Balaban J connectivity index is 1.41. The number of nitrogens with zero attached hydrogens (tertiary/aromatic N) is 2. The van der Waals surface area contributed by atoms with Crippen molar-refractivity contribution in [2.24, 2.45) is 11.8 Å². The van der Waals surface area contributed by atoms with E-state index in [1.807, 2.05) is 37.5 Å². The fourth-order valence-corrected chi connectivity index (χ4v) is 6.87. The second kappa shape index (κ2) is 10.6. The Hall–Kier alpha value is -4.77. The van der Waals surface area contributed by atoms with Crippen LogP contribution in [0.1, 0.15) is 76.1 Å². The maximum atomic E-state index is 11.6. The van der Waals surface area contributed by atoms with Gasteiger partial charge >= 0.3 is 5.97 Å². The van der Waals surface area contributed by atoms with Crippen LogP contribution in [-0.4, -0.2) is 27.7 Å². The lowest BCUT2D eigenvalue weighted by atomic mass is 9.78. The van der Waals surface area contributed by atoms with Gasteiger partial charge in [0.1, 0.15) is 12.4 Å². The van der Waals surface area contributed by atoms with Gasteiger partial charge in [0.2, 0.25) is 0 Å². The van der Waals surface area contributed by atoms with Crippen molar-refractivity contribution in [2.45, 2.75) is 32.1 Å². The van der Waals surface area contributed by atoms with Crippen molar-refractivity contribution in [1.82, 2.24) is 9.97 Å². The van der Waals surface area contributed by atoms with Crippen LogP contribution in [0.5, 0.6) is 0 Å². The van der Waals surface area contributed by atoms with E-state index in [4.69, 9.17) is 14.7 Å². The Bertz CT molecular complexity index is 1710. The molecule has 42 heavy (non-hydrogen) atoms. The summed E-state index contributed by atoms with van der Waals surface area (Å²) >= 11 is 0. The number of hydrogen-bond donors (Lipinski definition) is 1. The van der Waals surface area contributed by atoms with E-state index in [2.05, 4.69) is 67.6 Å². The van der Waals surface area contributed by atoms with Gasteiger partial charge in [-0.15, -0.1) is 0 Å². The van der Waals surface area contributed by atoms with Gasteiger partial charge in [0.25, 0.3) is 0 Å².